The molecule has 0 spiro atoms. The van der Waals surface area contributed by atoms with Crippen molar-refractivity contribution in [1.82, 2.24) is 25.1 Å². The summed E-state index contributed by atoms with van der Waals surface area (Å²) in [7, 11) is 1.54. The second kappa shape index (κ2) is 18.0. The van der Waals surface area contributed by atoms with Gasteiger partial charge in [0, 0.05) is 35.7 Å². The van der Waals surface area contributed by atoms with Crippen molar-refractivity contribution in [2.75, 3.05) is 44.4 Å². The van der Waals surface area contributed by atoms with Crippen molar-refractivity contribution in [3.8, 4) is 11.5 Å². The van der Waals surface area contributed by atoms with E-state index < -0.39 is 29.7 Å². The Kier molecular flexibility index (Phi) is 12.8. The number of anilines is 2. The molecule has 3 aliphatic rings. The van der Waals surface area contributed by atoms with Gasteiger partial charge in [0.25, 0.3) is 5.91 Å². The number of piperidine rings is 2. The number of aryl methyl sites for hydroxylation is 1. The smallest absolute Gasteiger partial charge is 0.416 e. The Balaban J connectivity index is 0.840. The minimum Gasteiger partial charge on any atom is -0.493 e. The zero-order valence-corrected chi connectivity index (χ0v) is 34.1. The van der Waals surface area contributed by atoms with E-state index >= 15 is 4.39 Å². The molecule has 60 heavy (non-hydrogen) atoms. The monoisotopic (exact) mass is 833 g/mol. The number of halogens is 4. The first kappa shape index (κ1) is 42.6. The van der Waals surface area contributed by atoms with Crippen LogP contribution in [-0.4, -0.2) is 76.9 Å². The third kappa shape index (κ3) is 9.59. The van der Waals surface area contributed by atoms with Gasteiger partial charge >= 0.3 is 6.18 Å². The molecule has 2 saturated heterocycles. The average molecular weight is 834 g/mol. The Morgan fingerprint density at radius 2 is 1.70 bits per heavy atom. The van der Waals surface area contributed by atoms with E-state index in [2.05, 4.69) is 25.5 Å². The summed E-state index contributed by atoms with van der Waals surface area (Å²) in [5.41, 5.74) is 7.65. The minimum atomic E-state index is -4.52. The molecule has 7 rings (SSSR count). The molecule has 16 heteroatoms. The van der Waals surface area contributed by atoms with E-state index in [0.29, 0.717) is 57.3 Å². The molecular weight excluding hydrogens is 783 g/mol. The van der Waals surface area contributed by atoms with Crippen LogP contribution in [0.5, 0.6) is 11.5 Å². The number of nitrogens with one attached hydrogen (secondary N) is 2. The number of amides is 3. The van der Waals surface area contributed by atoms with Gasteiger partial charge < -0.3 is 30.3 Å². The summed E-state index contributed by atoms with van der Waals surface area (Å²) in [5.74, 6) is 0.451. The lowest BCUT2D eigenvalue weighted by molar-refractivity contribution is -0.138. The number of ether oxygens (including phenoxy) is 2. The van der Waals surface area contributed by atoms with E-state index in [1.807, 2.05) is 6.07 Å². The van der Waals surface area contributed by atoms with Crippen LogP contribution in [0.3, 0.4) is 0 Å². The number of unbranched alkanes of at least 4 members (excludes halogenated alkanes) is 4. The largest absolute Gasteiger partial charge is 0.493 e. The third-order valence-electron chi connectivity index (χ3n) is 11.8. The highest BCUT2D eigenvalue weighted by Crippen LogP contribution is 2.38. The average Bonchev–Trinajstić information content (AvgIpc) is 3.51. The molecule has 3 aromatic carbocycles. The Labute approximate surface area is 346 Å². The van der Waals surface area contributed by atoms with Crippen molar-refractivity contribution in [2.24, 2.45) is 0 Å². The molecule has 0 radical (unpaired) electrons. The van der Waals surface area contributed by atoms with Gasteiger partial charge in [-0.05, 0) is 119 Å². The van der Waals surface area contributed by atoms with E-state index in [4.69, 9.17) is 15.2 Å². The number of nitrogens with two attached hydrogens (primary N) is 1. The third-order valence-corrected chi connectivity index (χ3v) is 11.8. The van der Waals surface area contributed by atoms with Gasteiger partial charge in [-0.3, -0.25) is 19.7 Å². The zero-order valence-electron chi connectivity index (χ0n) is 34.1. The highest BCUT2D eigenvalue weighted by atomic mass is 19.4. The molecule has 4 heterocycles. The maximum Gasteiger partial charge on any atom is 0.416 e. The molecule has 1 aromatic heterocycles. The number of aromatic nitrogens is 2. The predicted molar refractivity (Wildman–Crippen MR) is 218 cm³/mol. The molecule has 0 aliphatic carbocycles. The normalized spacial score (nSPS) is 18.1. The molecule has 3 amide bonds. The molecule has 3 aliphatic heterocycles. The Morgan fingerprint density at radius 1 is 0.950 bits per heavy atom. The molecule has 2 atom stereocenters. The van der Waals surface area contributed by atoms with Gasteiger partial charge in [-0.15, -0.1) is 0 Å². The first-order valence-electron chi connectivity index (χ1n) is 20.6. The first-order valence-corrected chi connectivity index (χ1v) is 20.6. The fourth-order valence-corrected chi connectivity index (χ4v) is 8.55. The summed E-state index contributed by atoms with van der Waals surface area (Å²) >= 11 is 0. The number of hydrogen-bond acceptors (Lipinski definition) is 10. The number of rotatable bonds is 15. The summed E-state index contributed by atoms with van der Waals surface area (Å²) in [4.78, 5) is 50.1. The summed E-state index contributed by atoms with van der Waals surface area (Å²) in [6, 6.07) is 8.93. The fourth-order valence-electron chi connectivity index (χ4n) is 8.55. The number of carbonyl (C=O) groups excluding carboxylic acids is 3. The highest BCUT2D eigenvalue weighted by Gasteiger charge is 2.40. The number of imide groups is 1. The van der Waals surface area contributed by atoms with Crippen LogP contribution in [0.4, 0.5) is 29.1 Å². The Morgan fingerprint density at radius 3 is 2.43 bits per heavy atom. The second-order valence-corrected chi connectivity index (χ2v) is 16.1. The molecule has 1 unspecified atom stereocenters. The number of carbonyl (C=O) groups is 3. The number of fused-ring (bicyclic) bond motifs is 2. The van der Waals surface area contributed by atoms with Crippen LogP contribution in [0.2, 0.25) is 0 Å². The molecule has 12 nitrogen and oxygen atoms in total. The number of benzene rings is 3. The number of hydrogen-bond donors (Lipinski definition) is 3. The van der Waals surface area contributed by atoms with Gasteiger partial charge in [-0.2, -0.15) is 13.2 Å². The second-order valence-electron chi connectivity index (χ2n) is 16.1. The summed E-state index contributed by atoms with van der Waals surface area (Å²) in [6.07, 6.45) is 2.61. The van der Waals surface area contributed by atoms with Crippen LogP contribution in [0.1, 0.15) is 115 Å². The molecule has 320 valence electrons. The summed E-state index contributed by atoms with van der Waals surface area (Å²) in [6.45, 7) is 6.93. The van der Waals surface area contributed by atoms with Gasteiger partial charge in [0.05, 0.1) is 30.8 Å². The van der Waals surface area contributed by atoms with Crippen LogP contribution in [0, 0.1) is 12.7 Å². The van der Waals surface area contributed by atoms with Crippen molar-refractivity contribution < 1.29 is 41.4 Å². The Bertz CT molecular complexity index is 2260. The molecule has 4 N–H and O–H groups in total. The van der Waals surface area contributed by atoms with Crippen LogP contribution in [0.25, 0.3) is 10.9 Å². The number of methoxy groups -OCH3 is 1. The van der Waals surface area contributed by atoms with E-state index in [-0.39, 0.29) is 48.6 Å². The molecule has 0 bridgehead atoms. The van der Waals surface area contributed by atoms with Crippen molar-refractivity contribution in [1.29, 1.82) is 0 Å². The van der Waals surface area contributed by atoms with Crippen molar-refractivity contribution in [3.63, 3.8) is 0 Å². The molecular formula is C44H51F4N7O5. The number of nitrogens with zero attached hydrogens (tertiary/aromatic N) is 4. The number of nitrogen functional groups attached to an aromatic ring is 1. The van der Waals surface area contributed by atoms with Gasteiger partial charge in [-0.1, -0.05) is 25.3 Å². The lowest BCUT2D eigenvalue weighted by atomic mass is 9.87. The lowest BCUT2D eigenvalue weighted by Crippen LogP contribution is -2.52. The topological polar surface area (TPSA) is 152 Å². The van der Waals surface area contributed by atoms with Gasteiger partial charge in [0.1, 0.15) is 23.5 Å². The summed E-state index contributed by atoms with van der Waals surface area (Å²) in [5, 5.41) is 6.17. The molecule has 2 fully saturated rings. The van der Waals surface area contributed by atoms with Gasteiger partial charge in [-0.25, -0.2) is 14.4 Å². The number of likely N-dealkylation sites (tertiary alicyclic amines) is 1. The quantitative estimate of drug-likeness (QED) is 0.0468. The highest BCUT2D eigenvalue weighted by molar-refractivity contribution is 6.05. The van der Waals surface area contributed by atoms with Crippen LogP contribution in [0.15, 0.2) is 42.5 Å². The minimum absolute atomic E-state index is 0.0200. The zero-order chi connectivity index (χ0) is 42.7. The van der Waals surface area contributed by atoms with Crippen molar-refractivity contribution in [2.45, 2.75) is 102 Å². The predicted octanol–water partition coefficient (Wildman–Crippen LogP) is 7.83. The van der Waals surface area contributed by atoms with E-state index in [1.54, 1.807) is 33.1 Å². The lowest BCUT2D eigenvalue weighted by Gasteiger charge is -2.32. The standard InChI is InChI=1S/C44H51F4N7O5/c1-25(28-17-30(44(46,47)48)20-31(49)18-28)50-41-34-22-38(59-3)39(23-36(34)51-26(2)52-41)60-16-8-6-4-5-7-13-54-14-11-27(12-15-54)32-19-29-24-55(43(58)33(29)21-35(32)45)37-9-10-40(56)53-42(37)57/h17-23,25,27,37H,4-16,24,49H2,1-3H3,(H,50,51,52)(H,53,56,57)/t25-,37?/m0/s1. The van der Waals surface area contributed by atoms with Crippen LogP contribution < -0.4 is 25.8 Å². The first-order chi connectivity index (χ1) is 28.7. The van der Waals surface area contributed by atoms with E-state index in [0.717, 1.165) is 82.3 Å². The van der Waals surface area contributed by atoms with E-state index in [9.17, 15) is 27.6 Å². The molecule has 4 aromatic rings. The maximum absolute atomic E-state index is 15.4. The van der Waals surface area contributed by atoms with Gasteiger partial charge in [0.2, 0.25) is 11.8 Å². The van der Waals surface area contributed by atoms with Crippen LogP contribution in [-0.2, 0) is 22.3 Å². The van der Waals surface area contributed by atoms with Gasteiger partial charge in [0.15, 0.2) is 11.5 Å². The SMILES string of the molecule is COc1cc2c(N[C@@H](C)c3cc(N)cc(C(F)(F)F)c3)nc(C)nc2cc1OCCCCCCCN1CCC(c2cc3c(cc2F)C(=O)N(C2CCC(=O)NC2=O)C3)CC1. The van der Waals surface area contributed by atoms with E-state index in [1.165, 1.54) is 17.0 Å². The van der Waals surface area contributed by atoms with Crippen LogP contribution >= 0.6 is 0 Å². The van der Waals surface area contributed by atoms with Crippen molar-refractivity contribution in [3.05, 3.63) is 81.9 Å². The molecule has 0 saturated carbocycles. The maximum atomic E-state index is 15.4. The summed E-state index contributed by atoms with van der Waals surface area (Å²) < 4.78 is 67.5. The Hall–Kier alpha value is -5.51. The number of alkyl halides is 3. The fraction of sp³-hybridized carbons (Fsp3) is 0.477. The van der Waals surface area contributed by atoms with Crippen molar-refractivity contribution >= 4 is 40.1 Å².